The van der Waals surface area contributed by atoms with Gasteiger partial charge in [0.15, 0.2) is 11.7 Å². The second kappa shape index (κ2) is 2.39. The Morgan fingerprint density at radius 3 is 2.64 bits per heavy atom. The molecule has 1 atom stereocenters. The first kappa shape index (κ1) is 7.80. The maximum atomic E-state index is 5.70. The lowest BCUT2D eigenvalue weighted by molar-refractivity contribution is 0.391. The molecule has 0 spiro atoms. The third kappa shape index (κ3) is 1.58. The summed E-state index contributed by atoms with van der Waals surface area (Å²) in [6, 6.07) is 0. The Hall–Kier alpha value is -1.30. The van der Waals surface area contributed by atoms with Crippen LogP contribution in [0.15, 0.2) is 9.98 Å². The van der Waals surface area contributed by atoms with Crippen molar-refractivity contribution < 1.29 is 0 Å². The molecule has 62 valence electrons. The minimum Gasteiger partial charge on any atom is -0.369 e. The smallest absolute Gasteiger partial charge is 0.222 e. The monoisotopic (exact) mass is 156 g/mol. The average Bonchev–Trinajstić information content (AvgIpc) is 1.84. The van der Waals surface area contributed by atoms with Crippen LogP contribution in [0.4, 0.5) is 0 Å². The van der Waals surface area contributed by atoms with Crippen LogP contribution in [0.3, 0.4) is 0 Å². The molecule has 0 amide bonds. The van der Waals surface area contributed by atoms with Crippen molar-refractivity contribution in [3.63, 3.8) is 0 Å². The molecule has 0 aromatic heterocycles. The summed E-state index contributed by atoms with van der Waals surface area (Å²) in [5.74, 6) is -0.553. The molecule has 1 heterocycles. The minimum atomic E-state index is -0.879. The van der Waals surface area contributed by atoms with E-state index < -0.39 is 5.79 Å². The second-order valence-electron chi connectivity index (χ2n) is 2.37. The van der Waals surface area contributed by atoms with E-state index in [0.717, 1.165) is 0 Å². The van der Waals surface area contributed by atoms with E-state index in [1.165, 1.54) is 0 Å². The Morgan fingerprint density at radius 1 is 1.55 bits per heavy atom. The maximum Gasteiger partial charge on any atom is 0.222 e. The quantitative estimate of drug-likeness (QED) is 0.360. The number of aliphatic imine (C=N–C) groups is 2. The highest BCUT2D eigenvalue weighted by molar-refractivity contribution is 5.95. The Balaban J connectivity index is 2.86. The van der Waals surface area contributed by atoms with E-state index in [-0.39, 0.29) is 11.9 Å². The fraction of sp³-hybridized carbons (Fsp3) is 0.600. The number of nitrogens with two attached hydrogens (primary N) is 3. The van der Waals surface area contributed by atoms with Gasteiger partial charge in [0.1, 0.15) is 0 Å². The third-order valence-corrected chi connectivity index (χ3v) is 1.43. The molecule has 0 bridgehead atoms. The first-order valence-corrected chi connectivity index (χ1v) is 3.32. The van der Waals surface area contributed by atoms with Crippen LogP contribution in [-0.4, -0.2) is 17.7 Å². The zero-order valence-electron chi connectivity index (χ0n) is 6.33. The molecule has 0 aromatic carbocycles. The summed E-state index contributed by atoms with van der Waals surface area (Å²) in [4.78, 5) is 7.53. The second-order valence-corrected chi connectivity index (χ2v) is 2.37. The predicted molar refractivity (Wildman–Crippen MR) is 43.6 cm³/mol. The molecular weight excluding hydrogens is 144 g/mol. The molecule has 0 saturated carbocycles. The summed E-state index contributed by atoms with van der Waals surface area (Å²) in [5, 5.41) is 2.71. The van der Waals surface area contributed by atoms with Gasteiger partial charge >= 0.3 is 0 Å². The van der Waals surface area contributed by atoms with Crippen LogP contribution >= 0.6 is 0 Å². The van der Waals surface area contributed by atoms with Gasteiger partial charge in [0.25, 0.3) is 0 Å². The van der Waals surface area contributed by atoms with Gasteiger partial charge in [-0.3, -0.25) is 5.73 Å². The standard InChI is InChI=1S/C5H12N6/c1-2-5(8)10-3(6)9-4(7)11-5/h2,8H2,1H3,(H5,6,7,9,10,11). The molecule has 1 aliphatic rings. The fourth-order valence-electron chi connectivity index (χ4n) is 0.798. The molecule has 0 radical (unpaired) electrons. The molecule has 1 aliphatic heterocycles. The molecule has 1 rings (SSSR count). The number of guanidine groups is 2. The number of rotatable bonds is 1. The van der Waals surface area contributed by atoms with Crippen LogP contribution in [-0.2, 0) is 0 Å². The van der Waals surface area contributed by atoms with Crippen LogP contribution in [0.2, 0.25) is 0 Å². The van der Waals surface area contributed by atoms with Crippen molar-refractivity contribution in [2.24, 2.45) is 27.2 Å². The fourth-order valence-corrected chi connectivity index (χ4v) is 0.798. The SMILES string of the molecule is CCC1(N)N=C(N)N=C(N)N1. The Labute approximate surface area is 64.6 Å². The highest BCUT2D eigenvalue weighted by Crippen LogP contribution is 2.05. The molecule has 11 heavy (non-hydrogen) atoms. The van der Waals surface area contributed by atoms with Crippen molar-refractivity contribution in [2.75, 3.05) is 0 Å². The summed E-state index contributed by atoms with van der Waals surface area (Å²) in [6.07, 6.45) is 0.601. The number of nitrogens with one attached hydrogen (secondary N) is 1. The molecule has 6 nitrogen and oxygen atoms in total. The van der Waals surface area contributed by atoms with Crippen molar-refractivity contribution in [1.29, 1.82) is 0 Å². The molecular formula is C5H12N6. The van der Waals surface area contributed by atoms with Gasteiger partial charge in [-0.1, -0.05) is 6.92 Å². The average molecular weight is 156 g/mol. The van der Waals surface area contributed by atoms with Gasteiger partial charge in [0, 0.05) is 6.42 Å². The Bertz CT molecular complexity index is 219. The van der Waals surface area contributed by atoms with Crippen molar-refractivity contribution in [1.82, 2.24) is 5.32 Å². The lowest BCUT2D eigenvalue weighted by Gasteiger charge is -2.28. The molecule has 0 aliphatic carbocycles. The first-order valence-electron chi connectivity index (χ1n) is 3.32. The lowest BCUT2D eigenvalue weighted by Crippen LogP contribution is -2.59. The van der Waals surface area contributed by atoms with Crippen molar-refractivity contribution in [3.05, 3.63) is 0 Å². The molecule has 0 fully saturated rings. The lowest BCUT2D eigenvalue weighted by atomic mass is 10.3. The van der Waals surface area contributed by atoms with Gasteiger partial charge in [-0.25, -0.2) is 4.99 Å². The largest absolute Gasteiger partial charge is 0.369 e. The van der Waals surface area contributed by atoms with Crippen molar-refractivity contribution in [2.45, 2.75) is 19.1 Å². The van der Waals surface area contributed by atoms with E-state index in [9.17, 15) is 0 Å². The Kier molecular flexibility index (Phi) is 1.69. The third-order valence-electron chi connectivity index (χ3n) is 1.43. The highest BCUT2D eigenvalue weighted by Gasteiger charge is 2.25. The number of nitrogens with zero attached hydrogens (tertiary/aromatic N) is 2. The molecule has 7 N–H and O–H groups in total. The molecule has 6 heteroatoms. The van der Waals surface area contributed by atoms with Gasteiger partial charge in [0.05, 0.1) is 0 Å². The first-order chi connectivity index (χ1) is 5.06. The van der Waals surface area contributed by atoms with Gasteiger partial charge in [-0.15, -0.1) is 0 Å². The van der Waals surface area contributed by atoms with Gasteiger partial charge < -0.3 is 16.8 Å². The van der Waals surface area contributed by atoms with Gasteiger partial charge in [-0.05, 0) is 0 Å². The summed E-state index contributed by atoms with van der Waals surface area (Å²) >= 11 is 0. The van der Waals surface area contributed by atoms with Gasteiger partial charge in [0.2, 0.25) is 5.96 Å². The Morgan fingerprint density at radius 2 is 2.18 bits per heavy atom. The van der Waals surface area contributed by atoms with E-state index in [2.05, 4.69) is 15.3 Å². The highest BCUT2D eigenvalue weighted by atomic mass is 15.4. The predicted octanol–water partition coefficient (Wildman–Crippen LogP) is -1.76. The molecule has 1 unspecified atom stereocenters. The molecule has 0 saturated heterocycles. The summed E-state index contributed by atoms with van der Waals surface area (Å²) in [5.41, 5.74) is 16.4. The van der Waals surface area contributed by atoms with E-state index in [1.807, 2.05) is 6.92 Å². The summed E-state index contributed by atoms with van der Waals surface area (Å²) in [6.45, 7) is 1.88. The maximum absolute atomic E-state index is 5.70. The van der Waals surface area contributed by atoms with Gasteiger partial charge in [-0.2, -0.15) is 4.99 Å². The topological polar surface area (TPSA) is 115 Å². The van der Waals surface area contributed by atoms with E-state index in [1.54, 1.807) is 0 Å². The van der Waals surface area contributed by atoms with E-state index >= 15 is 0 Å². The van der Waals surface area contributed by atoms with E-state index in [0.29, 0.717) is 6.42 Å². The molecule has 0 aromatic rings. The normalized spacial score (nSPS) is 30.4. The van der Waals surface area contributed by atoms with Crippen LogP contribution in [0.5, 0.6) is 0 Å². The summed E-state index contributed by atoms with van der Waals surface area (Å²) in [7, 11) is 0. The van der Waals surface area contributed by atoms with Crippen molar-refractivity contribution >= 4 is 11.9 Å². The van der Waals surface area contributed by atoms with E-state index in [4.69, 9.17) is 17.2 Å². The van der Waals surface area contributed by atoms with Crippen LogP contribution in [0.1, 0.15) is 13.3 Å². The number of hydrogen-bond acceptors (Lipinski definition) is 6. The summed E-state index contributed by atoms with van der Waals surface area (Å²) < 4.78 is 0. The van der Waals surface area contributed by atoms with Crippen LogP contribution in [0.25, 0.3) is 0 Å². The van der Waals surface area contributed by atoms with Crippen molar-refractivity contribution in [3.8, 4) is 0 Å². The zero-order valence-corrected chi connectivity index (χ0v) is 6.33. The van der Waals surface area contributed by atoms with Crippen LogP contribution < -0.4 is 22.5 Å². The zero-order chi connectivity index (χ0) is 8.48. The minimum absolute atomic E-state index is 0.116. The van der Waals surface area contributed by atoms with Crippen LogP contribution in [0, 0.1) is 0 Å². The number of hydrogen-bond donors (Lipinski definition) is 4.